The summed E-state index contributed by atoms with van der Waals surface area (Å²) in [6.07, 6.45) is 0. The van der Waals surface area contributed by atoms with Gasteiger partial charge in [-0.3, -0.25) is 0 Å². The van der Waals surface area contributed by atoms with Crippen LogP contribution >= 0.6 is 32.0 Å². The molecule has 0 atom stereocenters. The Morgan fingerprint density at radius 2 is 0.737 bits per heavy atom. The Labute approximate surface area is 143 Å². The molecule has 0 aliphatic carbocycles. The van der Waals surface area contributed by atoms with Gasteiger partial charge in [-0.25, -0.2) is 25.3 Å². The average Bonchev–Trinajstić information content (AvgIpc) is 2.13. The van der Waals surface area contributed by atoms with Crippen molar-refractivity contribution in [2.24, 2.45) is 0 Å². The molecule has 0 aromatic heterocycles. The van der Waals surface area contributed by atoms with E-state index < -0.39 is 41.8 Å². The van der Waals surface area contributed by atoms with E-state index in [1.54, 1.807) is 0 Å². The molecule has 0 bridgehead atoms. The van der Waals surface area contributed by atoms with Crippen molar-refractivity contribution in [1.82, 2.24) is 0 Å². The first kappa shape index (κ1) is 19.9. The van der Waals surface area contributed by atoms with Gasteiger partial charge in [-0.05, 0) is 18.2 Å². The van der Waals surface area contributed by atoms with Crippen LogP contribution < -0.4 is 0 Å². The Morgan fingerprint density at radius 1 is 0.579 bits per heavy atom. The minimum absolute atomic E-state index is 0. The van der Waals surface area contributed by atoms with E-state index in [-0.39, 0.29) is 27.3 Å². The molecular weight excluding hydrogens is 578 g/mol. The first-order valence-corrected chi connectivity index (χ1v) is 10.7. The van der Waals surface area contributed by atoms with Gasteiger partial charge in [0.25, 0.3) is 27.2 Å². The van der Waals surface area contributed by atoms with E-state index in [0.717, 1.165) is 0 Å². The van der Waals surface area contributed by atoms with Gasteiger partial charge in [-0.2, -0.15) is 0 Å². The topological polar surface area (TPSA) is 102 Å². The Balaban J connectivity index is 0.00000324. The van der Waals surface area contributed by atoms with Crippen LogP contribution in [0.5, 0.6) is 0 Å². The third kappa shape index (κ3) is 5.63. The number of rotatable bonds is 3. The van der Waals surface area contributed by atoms with Gasteiger partial charge in [0.1, 0.15) is 0 Å². The molecule has 106 valence electrons. The van der Waals surface area contributed by atoms with Gasteiger partial charge in [-0.1, -0.05) is 0 Å². The van der Waals surface area contributed by atoms with Gasteiger partial charge in [0.15, 0.2) is 0 Å². The van der Waals surface area contributed by atoms with Crippen molar-refractivity contribution in [2.75, 3.05) is 0 Å². The van der Waals surface area contributed by atoms with Crippen molar-refractivity contribution in [3.8, 4) is 0 Å². The van der Waals surface area contributed by atoms with Gasteiger partial charge in [0, 0.05) is 59.3 Å². The molecule has 0 aliphatic heterocycles. The van der Waals surface area contributed by atoms with Crippen molar-refractivity contribution in [1.29, 1.82) is 0 Å². The van der Waals surface area contributed by atoms with Crippen LogP contribution in [0.15, 0.2) is 32.9 Å². The SMILES string of the molecule is O=S(=O)(Cl)c1cc(S(=O)(=O)Cl)cc(S(=O)(=O)Cl)c1.[Pb]. The van der Waals surface area contributed by atoms with E-state index in [9.17, 15) is 25.3 Å². The van der Waals surface area contributed by atoms with Crippen LogP contribution in [0.2, 0.25) is 0 Å². The largest absolute Gasteiger partial charge is 0.261 e. The summed E-state index contributed by atoms with van der Waals surface area (Å²) in [6.45, 7) is 0. The average molecular weight is 581 g/mol. The smallest absolute Gasteiger partial charge is 0.207 e. The fourth-order valence-electron chi connectivity index (χ4n) is 0.968. The van der Waals surface area contributed by atoms with Crippen LogP contribution in [0, 0.1) is 0 Å². The van der Waals surface area contributed by atoms with E-state index in [4.69, 9.17) is 32.0 Å². The summed E-state index contributed by atoms with van der Waals surface area (Å²) in [7, 11) is 1.97. The minimum Gasteiger partial charge on any atom is -0.207 e. The maximum Gasteiger partial charge on any atom is 0.261 e. The van der Waals surface area contributed by atoms with Crippen LogP contribution in [0.4, 0.5) is 0 Å². The number of hydrogen-bond donors (Lipinski definition) is 0. The molecule has 0 fully saturated rings. The first-order chi connectivity index (χ1) is 7.82. The minimum atomic E-state index is -4.34. The summed E-state index contributed by atoms with van der Waals surface area (Å²) >= 11 is 0. The van der Waals surface area contributed by atoms with Crippen LogP contribution in [-0.4, -0.2) is 52.6 Å². The zero-order chi connectivity index (χ0) is 14.4. The van der Waals surface area contributed by atoms with Crippen LogP contribution in [0.1, 0.15) is 0 Å². The van der Waals surface area contributed by atoms with Gasteiger partial charge >= 0.3 is 0 Å². The molecular formula is C6H3Cl3O6PbS3. The molecule has 0 N–H and O–H groups in total. The second kappa shape index (κ2) is 6.32. The fourth-order valence-corrected chi connectivity index (χ4v) is 3.60. The Kier molecular flexibility index (Phi) is 6.61. The molecule has 13 heteroatoms. The predicted octanol–water partition coefficient (Wildman–Crippen LogP) is 1.09. The molecule has 0 amide bonds. The molecule has 4 radical (unpaired) electrons. The monoisotopic (exact) mass is 580 g/mol. The summed E-state index contributed by atoms with van der Waals surface area (Å²) in [6, 6.07) is 1.86. The van der Waals surface area contributed by atoms with E-state index >= 15 is 0 Å². The Morgan fingerprint density at radius 3 is 0.842 bits per heavy atom. The summed E-state index contributed by atoms with van der Waals surface area (Å²) in [5.74, 6) is 0. The van der Waals surface area contributed by atoms with Crippen molar-refractivity contribution in [3.63, 3.8) is 0 Å². The Bertz CT molecular complexity index is 677. The van der Waals surface area contributed by atoms with E-state index in [1.165, 1.54) is 0 Å². The van der Waals surface area contributed by atoms with Crippen molar-refractivity contribution in [3.05, 3.63) is 18.2 Å². The molecule has 0 aliphatic rings. The second-order valence-electron chi connectivity index (χ2n) is 2.95. The van der Waals surface area contributed by atoms with Gasteiger partial charge in [0.05, 0.1) is 14.7 Å². The van der Waals surface area contributed by atoms with Crippen LogP contribution in [0.25, 0.3) is 0 Å². The van der Waals surface area contributed by atoms with Gasteiger partial charge in [-0.15, -0.1) is 0 Å². The first-order valence-electron chi connectivity index (χ1n) is 3.81. The maximum absolute atomic E-state index is 11.1. The van der Waals surface area contributed by atoms with E-state index in [1.807, 2.05) is 0 Å². The van der Waals surface area contributed by atoms with Crippen molar-refractivity contribution < 1.29 is 25.3 Å². The maximum atomic E-state index is 11.1. The number of benzene rings is 1. The van der Waals surface area contributed by atoms with Crippen molar-refractivity contribution >= 4 is 86.5 Å². The normalized spacial score (nSPS) is 12.8. The number of hydrogen-bond acceptors (Lipinski definition) is 6. The second-order valence-corrected chi connectivity index (χ2v) is 10.7. The third-order valence-electron chi connectivity index (χ3n) is 1.70. The molecule has 0 unspecified atom stereocenters. The quantitative estimate of drug-likeness (QED) is 0.392. The number of halogens is 3. The third-order valence-corrected chi connectivity index (χ3v) is 5.70. The zero-order valence-corrected chi connectivity index (χ0v) is 17.1. The molecule has 0 spiro atoms. The fraction of sp³-hybridized carbons (Fsp3) is 0. The molecule has 0 saturated carbocycles. The summed E-state index contributed by atoms with van der Waals surface area (Å²) in [4.78, 5) is -2.24. The molecule has 1 aromatic carbocycles. The predicted molar refractivity (Wildman–Crippen MR) is 71.3 cm³/mol. The van der Waals surface area contributed by atoms with E-state index in [0.29, 0.717) is 18.2 Å². The van der Waals surface area contributed by atoms with Gasteiger partial charge < -0.3 is 0 Å². The molecule has 6 nitrogen and oxygen atoms in total. The summed E-state index contributed by atoms with van der Waals surface area (Å²) in [5, 5.41) is 0. The standard InChI is InChI=1S/C6H3Cl3O6S3.Pb/c7-16(10,11)4-1-5(17(8,12)13)3-6(2-4)18(9,14)15;/h1-3H;. The van der Waals surface area contributed by atoms with Crippen LogP contribution in [-0.2, 0) is 27.2 Å². The molecule has 0 heterocycles. The molecule has 19 heavy (non-hydrogen) atoms. The molecule has 1 aromatic rings. The molecule has 1 rings (SSSR count). The van der Waals surface area contributed by atoms with E-state index in [2.05, 4.69) is 0 Å². The Hall–Kier alpha value is 0.862. The summed E-state index contributed by atoms with van der Waals surface area (Å²) < 4.78 is 66.5. The van der Waals surface area contributed by atoms with Crippen LogP contribution in [0.3, 0.4) is 0 Å². The molecule has 0 saturated heterocycles. The zero-order valence-electron chi connectivity index (χ0n) is 8.54. The summed E-state index contributed by atoms with van der Waals surface area (Å²) in [5.41, 5.74) is 0. The van der Waals surface area contributed by atoms with Crippen molar-refractivity contribution in [2.45, 2.75) is 14.7 Å². The van der Waals surface area contributed by atoms with Gasteiger partial charge in [0.2, 0.25) is 0 Å².